The molecule has 0 aliphatic carbocycles. The van der Waals surface area contributed by atoms with Crippen molar-refractivity contribution in [2.24, 2.45) is 11.7 Å². The van der Waals surface area contributed by atoms with Gasteiger partial charge in [0, 0.05) is 6.04 Å². The van der Waals surface area contributed by atoms with Crippen LogP contribution in [0.5, 0.6) is 0 Å². The zero-order valence-corrected chi connectivity index (χ0v) is 7.72. The van der Waals surface area contributed by atoms with Gasteiger partial charge in [-0.25, -0.2) is 8.78 Å². The van der Waals surface area contributed by atoms with Gasteiger partial charge in [-0.05, 0) is 23.6 Å². The third-order valence-electron chi connectivity index (χ3n) is 2.05. The molecule has 2 N–H and O–H groups in total. The lowest BCUT2D eigenvalue weighted by molar-refractivity contribution is 0.488. The number of nitrogens with two attached hydrogens (primary N) is 1. The molecule has 0 spiro atoms. The molecule has 3 heteroatoms. The Morgan fingerprint density at radius 3 is 2.23 bits per heavy atom. The second-order valence-corrected chi connectivity index (χ2v) is 3.44. The highest BCUT2D eigenvalue weighted by molar-refractivity contribution is 5.21. The monoisotopic (exact) mass is 185 g/mol. The van der Waals surface area contributed by atoms with Gasteiger partial charge in [0.05, 0.1) is 0 Å². The molecule has 13 heavy (non-hydrogen) atoms. The molecule has 72 valence electrons. The molecule has 0 fully saturated rings. The van der Waals surface area contributed by atoms with Crippen LogP contribution < -0.4 is 5.73 Å². The smallest absolute Gasteiger partial charge is 0.159 e. The van der Waals surface area contributed by atoms with Gasteiger partial charge in [-0.1, -0.05) is 19.9 Å². The summed E-state index contributed by atoms with van der Waals surface area (Å²) < 4.78 is 25.3. The predicted octanol–water partition coefficient (Wildman–Crippen LogP) is 2.62. The molecular formula is C10H13F2N. The zero-order chi connectivity index (χ0) is 10.0. The molecule has 0 aliphatic heterocycles. The van der Waals surface area contributed by atoms with E-state index in [1.165, 1.54) is 6.07 Å². The first-order valence-corrected chi connectivity index (χ1v) is 4.23. The summed E-state index contributed by atoms with van der Waals surface area (Å²) in [4.78, 5) is 0. The van der Waals surface area contributed by atoms with Gasteiger partial charge in [0.2, 0.25) is 0 Å². The van der Waals surface area contributed by atoms with Crippen LogP contribution in [0.3, 0.4) is 0 Å². The lowest BCUT2D eigenvalue weighted by Gasteiger charge is -2.15. The molecule has 0 heterocycles. The van der Waals surface area contributed by atoms with Crippen molar-refractivity contribution in [1.82, 2.24) is 0 Å². The second kappa shape index (κ2) is 3.83. The minimum atomic E-state index is -0.839. The highest BCUT2D eigenvalue weighted by Gasteiger charge is 2.12. The molecule has 0 radical (unpaired) electrons. The van der Waals surface area contributed by atoms with Gasteiger partial charge < -0.3 is 5.73 Å². The molecule has 1 rings (SSSR count). The van der Waals surface area contributed by atoms with Crippen LogP contribution in [0.2, 0.25) is 0 Å². The fourth-order valence-electron chi connectivity index (χ4n) is 1.10. The molecule has 1 aromatic rings. The van der Waals surface area contributed by atoms with E-state index in [0.29, 0.717) is 5.56 Å². The van der Waals surface area contributed by atoms with Crippen LogP contribution in [0.15, 0.2) is 18.2 Å². The molecule has 0 aliphatic rings. The number of benzene rings is 1. The molecule has 1 nitrogen and oxygen atoms in total. The van der Waals surface area contributed by atoms with Gasteiger partial charge in [-0.3, -0.25) is 0 Å². The number of hydrogen-bond donors (Lipinski definition) is 1. The van der Waals surface area contributed by atoms with Crippen molar-refractivity contribution in [3.63, 3.8) is 0 Å². The van der Waals surface area contributed by atoms with Crippen molar-refractivity contribution in [3.05, 3.63) is 35.4 Å². The number of hydrogen-bond acceptors (Lipinski definition) is 1. The van der Waals surface area contributed by atoms with E-state index >= 15 is 0 Å². The van der Waals surface area contributed by atoms with Crippen LogP contribution in [0.25, 0.3) is 0 Å². The Morgan fingerprint density at radius 1 is 1.15 bits per heavy atom. The maximum absolute atomic E-state index is 12.8. The van der Waals surface area contributed by atoms with E-state index < -0.39 is 11.6 Å². The van der Waals surface area contributed by atoms with E-state index in [9.17, 15) is 8.78 Å². The lowest BCUT2D eigenvalue weighted by Crippen LogP contribution is -2.16. The summed E-state index contributed by atoms with van der Waals surface area (Å²) in [5, 5.41) is 0. The Bertz CT molecular complexity index is 297. The van der Waals surface area contributed by atoms with Crippen LogP contribution >= 0.6 is 0 Å². The highest BCUT2D eigenvalue weighted by Crippen LogP contribution is 2.20. The molecule has 1 atom stereocenters. The number of rotatable bonds is 2. The summed E-state index contributed by atoms with van der Waals surface area (Å²) in [6.07, 6.45) is 0. The van der Waals surface area contributed by atoms with Gasteiger partial charge in [0.15, 0.2) is 11.6 Å². The Hall–Kier alpha value is -0.960. The van der Waals surface area contributed by atoms with Gasteiger partial charge in [0.1, 0.15) is 0 Å². The van der Waals surface area contributed by atoms with Crippen LogP contribution in [0.4, 0.5) is 8.78 Å². The molecule has 0 unspecified atom stereocenters. The summed E-state index contributed by atoms with van der Waals surface area (Å²) in [5.41, 5.74) is 6.40. The third kappa shape index (κ3) is 2.25. The molecule has 0 bridgehead atoms. The lowest BCUT2D eigenvalue weighted by atomic mass is 9.97. The molecule has 0 saturated carbocycles. The van der Waals surface area contributed by atoms with Crippen LogP contribution in [0.1, 0.15) is 25.5 Å². The van der Waals surface area contributed by atoms with E-state index in [0.717, 1.165) is 12.1 Å². The molecule has 0 saturated heterocycles. The summed E-state index contributed by atoms with van der Waals surface area (Å²) in [6, 6.07) is 3.53. The van der Waals surface area contributed by atoms with Crippen molar-refractivity contribution in [2.45, 2.75) is 19.9 Å². The molecular weight excluding hydrogens is 172 g/mol. The summed E-state index contributed by atoms with van der Waals surface area (Å²) in [7, 11) is 0. The van der Waals surface area contributed by atoms with Crippen molar-refractivity contribution in [2.75, 3.05) is 0 Å². The van der Waals surface area contributed by atoms with Crippen molar-refractivity contribution in [3.8, 4) is 0 Å². The van der Waals surface area contributed by atoms with E-state index in [1.807, 2.05) is 13.8 Å². The fraction of sp³-hybridized carbons (Fsp3) is 0.400. The predicted molar refractivity (Wildman–Crippen MR) is 48.1 cm³/mol. The van der Waals surface area contributed by atoms with Crippen LogP contribution in [0, 0.1) is 17.6 Å². The first-order chi connectivity index (χ1) is 6.02. The minimum Gasteiger partial charge on any atom is -0.324 e. The van der Waals surface area contributed by atoms with Crippen LogP contribution in [-0.4, -0.2) is 0 Å². The topological polar surface area (TPSA) is 26.0 Å². The fourth-order valence-corrected chi connectivity index (χ4v) is 1.10. The minimum absolute atomic E-state index is 0.213. The van der Waals surface area contributed by atoms with Gasteiger partial charge in [-0.2, -0.15) is 0 Å². The van der Waals surface area contributed by atoms with Crippen molar-refractivity contribution >= 4 is 0 Å². The summed E-state index contributed by atoms with van der Waals surface area (Å²) >= 11 is 0. The number of halogens is 2. The zero-order valence-electron chi connectivity index (χ0n) is 7.72. The Kier molecular flexibility index (Phi) is 2.98. The third-order valence-corrected chi connectivity index (χ3v) is 2.05. The average Bonchev–Trinajstić information content (AvgIpc) is 2.08. The Morgan fingerprint density at radius 2 is 1.77 bits per heavy atom. The molecule has 0 aromatic heterocycles. The molecule has 0 amide bonds. The average molecular weight is 185 g/mol. The van der Waals surface area contributed by atoms with Crippen molar-refractivity contribution < 1.29 is 8.78 Å². The van der Waals surface area contributed by atoms with Gasteiger partial charge in [-0.15, -0.1) is 0 Å². The van der Waals surface area contributed by atoms with Crippen molar-refractivity contribution in [1.29, 1.82) is 0 Å². The summed E-state index contributed by atoms with van der Waals surface area (Å²) in [6.45, 7) is 3.87. The highest BCUT2D eigenvalue weighted by atomic mass is 19.2. The van der Waals surface area contributed by atoms with E-state index in [1.54, 1.807) is 0 Å². The maximum Gasteiger partial charge on any atom is 0.159 e. The second-order valence-electron chi connectivity index (χ2n) is 3.44. The maximum atomic E-state index is 12.8. The molecule has 1 aromatic carbocycles. The normalized spacial score (nSPS) is 13.4. The Balaban J connectivity index is 2.97. The van der Waals surface area contributed by atoms with E-state index in [-0.39, 0.29) is 12.0 Å². The largest absolute Gasteiger partial charge is 0.324 e. The quantitative estimate of drug-likeness (QED) is 0.753. The Labute approximate surface area is 76.6 Å². The first kappa shape index (κ1) is 10.1. The van der Waals surface area contributed by atoms with Gasteiger partial charge in [0.25, 0.3) is 0 Å². The standard InChI is InChI=1S/C10H13F2N/c1-6(2)10(13)7-3-4-8(11)9(12)5-7/h3-6,10H,13H2,1-2H3/t10-/m1/s1. The summed E-state index contributed by atoms with van der Waals surface area (Å²) in [5.74, 6) is -1.46. The van der Waals surface area contributed by atoms with E-state index in [2.05, 4.69) is 0 Å². The SMILES string of the molecule is CC(C)[C@@H](N)c1ccc(F)c(F)c1. The van der Waals surface area contributed by atoms with Gasteiger partial charge >= 0.3 is 0 Å². The van der Waals surface area contributed by atoms with Crippen LogP contribution in [-0.2, 0) is 0 Å². The first-order valence-electron chi connectivity index (χ1n) is 4.23. The van der Waals surface area contributed by atoms with E-state index in [4.69, 9.17) is 5.73 Å².